The van der Waals surface area contributed by atoms with Crippen LogP contribution in [0, 0.1) is 6.92 Å². The largest absolute Gasteiger partial charge is 0.467 e. The molecule has 4 aromatic rings. The molecule has 2 aromatic heterocycles. The minimum Gasteiger partial charge on any atom is -0.467 e. The van der Waals surface area contributed by atoms with Crippen molar-refractivity contribution in [1.82, 2.24) is 9.55 Å². The van der Waals surface area contributed by atoms with Gasteiger partial charge in [0.15, 0.2) is 5.16 Å². The summed E-state index contributed by atoms with van der Waals surface area (Å²) in [6.07, 6.45) is 6.72. The van der Waals surface area contributed by atoms with Crippen LogP contribution in [-0.2, 0) is 23.2 Å². The smallest absolute Gasteiger partial charge is 0.258 e. The molecule has 6 nitrogen and oxygen atoms in total. The average molecular weight is 512 g/mol. The number of para-hydroxylation sites is 1. The quantitative estimate of drug-likeness (QED) is 0.255. The van der Waals surface area contributed by atoms with Gasteiger partial charge in [-0.1, -0.05) is 67.1 Å². The number of nitrogens with zero attached hydrogens (tertiary/aromatic N) is 2. The van der Waals surface area contributed by atoms with E-state index in [2.05, 4.69) is 23.5 Å². The highest BCUT2D eigenvalue weighted by Gasteiger charge is 2.44. The van der Waals surface area contributed by atoms with Crippen molar-refractivity contribution in [1.29, 1.82) is 0 Å². The number of carbonyl (C=O) groups excluding carboxylic acids is 1. The second kappa shape index (κ2) is 9.71. The van der Waals surface area contributed by atoms with Crippen molar-refractivity contribution in [3.05, 3.63) is 99.7 Å². The van der Waals surface area contributed by atoms with E-state index in [0.29, 0.717) is 10.9 Å². The highest BCUT2D eigenvalue weighted by Crippen LogP contribution is 2.50. The van der Waals surface area contributed by atoms with Crippen molar-refractivity contribution in [2.24, 2.45) is 0 Å². The fourth-order valence-corrected chi connectivity index (χ4v) is 6.67. The Morgan fingerprint density at radius 1 is 1.08 bits per heavy atom. The van der Waals surface area contributed by atoms with E-state index in [1.165, 1.54) is 17.3 Å². The summed E-state index contributed by atoms with van der Waals surface area (Å²) in [6, 6.07) is 19.7. The Bertz CT molecular complexity index is 1520. The molecule has 2 aromatic carbocycles. The van der Waals surface area contributed by atoms with Gasteiger partial charge in [0.1, 0.15) is 5.76 Å². The third-order valence-corrected chi connectivity index (χ3v) is 8.65. The van der Waals surface area contributed by atoms with E-state index in [1.807, 2.05) is 49.4 Å². The minimum atomic E-state index is -0.176. The standard InChI is InChI=1S/C30H29N3O3S/c1-20-9-2-5-13-24(20)31-25(34)19-37-29-32-27-23-12-4-3-10-21(23)17-30(14-6-7-15-30)26(27)28(35)33(29)18-22-11-8-16-36-22/h2-5,8-13,16H,6-7,14-15,17-19H2,1H3,(H,31,34). The van der Waals surface area contributed by atoms with Crippen molar-refractivity contribution in [2.75, 3.05) is 11.1 Å². The van der Waals surface area contributed by atoms with Crippen LogP contribution in [0.3, 0.4) is 0 Å². The molecule has 0 saturated heterocycles. The Morgan fingerprint density at radius 2 is 1.86 bits per heavy atom. The number of carbonyl (C=O) groups is 1. The Hall–Kier alpha value is -3.58. The van der Waals surface area contributed by atoms with Gasteiger partial charge in [-0.3, -0.25) is 14.2 Å². The van der Waals surface area contributed by atoms with Crippen molar-refractivity contribution >= 4 is 23.4 Å². The zero-order valence-electron chi connectivity index (χ0n) is 20.8. The van der Waals surface area contributed by atoms with Crippen LogP contribution in [0.4, 0.5) is 5.69 Å². The maximum absolute atomic E-state index is 14.3. The van der Waals surface area contributed by atoms with Crippen LogP contribution in [0.5, 0.6) is 0 Å². The topological polar surface area (TPSA) is 77.1 Å². The summed E-state index contributed by atoms with van der Waals surface area (Å²) < 4.78 is 7.31. The van der Waals surface area contributed by atoms with Crippen LogP contribution in [-0.4, -0.2) is 21.2 Å². The monoisotopic (exact) mass is 511 g/mol. The summed E-state index contributed by atoms with van der Waals surface area (Å²) in [5.74, 6) is 0.694. The van der Waals surface area contributed by atoms with E-state index in [-0.39, 0.29) is 29.2 Å². The third kappa shape index (κ3) is 4.42. The lowest BCUT2D eigenvalue weighted by atomic mass is 9.68. The van der Waals surface area contributed by atoms with E-state index in [1.54, 1.807) is 10.8 Å². The molecule has 2 heterocycles. The van der Waals surface area contributed by atoms with Gasteiger partial charge in [-0.25, -0.2) is 4.98 Å². The van der Waals surface area contributed by atoms with Crippen LogP contribution < -0.4 is 10.9 Å². The number of furan rings is 1. The van der Waals surface area contributed by atoms with Gasteiger partial charge >= 0.3 is 0 Å². The number of fused-ring (bicyclic) bond motifs is 4. The first kappa shape index (κ1) is 23.8. The van der Waals surface area contributed by atoms with Crippen LogP contribution in [0.25, 0.3) is 11.3 Å². The van der Waals surface area contributed by atoms with Gasteiger partial charge < -0.3 is 9.73 Å². The fourth-order valence-electron chi connectivity index (χ4n) is 5.88. The van der Waals surface area contributed by atoms with E-state index in [0.717, 1.165) is 60.2 Å². The fraction of sp³-hybridized carbons (Fsp3) is 0.300. The molecule has 7 heteroatoms. The van der Waals surface area contributed by atoms with Crippen LogP contribution in [0.15, 0.2) is 81.3 Å². The summed E-state index contributed by atoms with van der Waals surface area (Å²) >= 11 is 1.29. The Labute approximate surface area is 220 Å². The number of nitrogens with one attached hydrogen (secondary N) is 1. The predicted molar refractivity (Wildman–Crippen MR) is 146 cm³/mol. The zero-order valence-corrected chi connectivity index (χ0v) is 21.6. The number of aryl methyl sites for hydroxylation is 1. The number of amides is 1. The minimum absolute atomic E-state index is 0.0142. The van der Waals surface area contributed by atoms with Crippen molar-refractivity contribution in [2.45, 2.75) is 56.1 Å². The number of hydrogen-bond donors (Lipinski definition) is 1. The second-order valence-electron chi connectivity index (χ2n) is 10.1. The number of thioether (sulfide) groups is 1. The molecule has 1 saturated carbocycles. The molecule has 1 N–H and O–H groups in total. The predicted octanol–water partition coefficient (Wildman–Crippen LogP) is 5.96. The number of rotatable bonds is 6. The molecule has 0 unspecified atom stereocenters. The lowest BCUT2D eigenvalue weighted by molar-refractivity contribution is -0.113. The first-order valence-electron chi connectivity index (χ1n) is 12.8. The summed E-state index contributed by atoms with van der Waals surface area (Å²) in [7, 11) is 0. The summed E-state index contributed by atoms with van der Waals surface area (Å²) in [5.41, 5.74) is 5.50. The molecule has 2 aliphatic carbocycles. The van der Waals surface area contributed by atoms with E-state index in [4.69, 9.17) is 9.40 Å². The van der Waals surface area contributed by atoms with Gasteiger partial charge in [0.2, 0.25) is 5.91 Å². The lowest BCUT2D eigenvalue weighted by Crippen LogP contribution is -2.40. The molecule has 1 amide bonds. The average Bonchev–Trinajstić information content (AvgIpc) is 3.59. The van der Waals surface area contributed by atoms with E-state index < -0.39 is 0 Å². The molecular formula is C30H29N3O3S. The lowest BCUT2D eigenvalue weighted by Gasteiger charge is -2.36. The molecule has 0 aliphatic heterocycles. The normalized spacial score (nSPS) is 15.4. The number of aromatic nitrogens is 2. The van der Waals surface area contributed by atoms with E-state index in [9.17, 15) is 9.59 Å². The van der Waals surface area contributed by atoms with Gasteiger partial charge in [-0.2, -0.15) is 0 Å². The van der Waals surface area contributed by atoms with Gasteiger partial charge in [0.05, 0.1) is 29.8 Å². The van der Waals surface area contributed by atoms with E-state index >= 15 is 0 Å². The molecule has 0 bridgehead atoms. The number of anilines is 1. The number of hydrogen-bond acceptors (Lipinski definition) is 5. The number of benzene rings is 2. The highest BCUT2D eigenvalue weighted by atomic mass is 32.2. The van der Waals surface area contributed by atoms with Crippen LogP contribution in [0.2, 0.25) is 0 Å². The third-order valence-electron chi connectivity index (χ3n) is 7.67. The Morgan fingerprint density at radius 3 is 2.65 bits per heavy atom. The van der Waals surface area contributed by atoms with Gasteiger partial charge in [0, 0.05) is 16.7 Å². The van der Waals surface area contributed by atoms with Gasteiger partial charge in [-0.05, 0) is 55.5 Å². The SMILES string of the molecule is Cc1ccccc1NC(=O)CSc1nc2c(c(=O)n1Cc1ccco1)C1(CCCC1)Cc1ccccc1-2. The van der Waals surface area contributed by atoms with Crippen molar-refractivity contribution in [3.63, 3.8) is 0 Å². The maximum Gasteiger partial charge on any atom is 0.258 e. The summed E-state index contributed by atoms with van der Waals surface area (Å²) in [6.45, 7) is 2.25. The van der Waals surface area contributed by atoms with Gasteiger partial charge in [0.25, 0.3) is 5.56 Å². The molecule has 0 radical (unpaired) electrons. The molecule has 1 spiro atoms. The van der Waals surface area contributed by atoms with Crippen LogP contribution in [0.1, 0.15) is 48.1 Å². The zero-order chi connectivity index (χ0) is 25.4. The maximum atomic E-state index is 14.3. The molecular weight excluding hydrogens is 482 g/mol. The molecule has 6 rings (SSSR count). The Balaban J connectivity index is 1.42. The first-order valence-corrected chi connectivity index (χ1v) is 13.8. The van der Waals surface area contributed by atoms with Gasteiger partial charge in [-0.15, -0.1) is 0 Å². The molecule has 37 heavy (non-hydrogen) atoms. The molecule has 0 atom stereocenters. The van der Waals surface area contributed by atoms with Crippen LogP contribution >= 0.6 is 11.8 Å². The van der Waals surface area contributed by atoms with Crippen molar-refractivity contribution < 1.29 is 9.21 Å². The summed E-state index contributed by atoms with van der Waals surface area (Å²) in [5, 5.41) is 3.52. The van der Waals surface area contributed by atoms with Crippen molar-refractivity contribution in [3.8, 4) is 11.3 Å². The Kier molecular flexibility index (Phi) is 6.24. The highest BCUT2D eigenvalue weighted by molar-refractivity contribution is 7.99. The molecule has 188 valence electrons. The first-order chi connectivity index (χ1) is 18.0. The molecule has 2 aliphatic rings. The molecule has 1 fully saturated rings. The second-order valence-corrected chi connectivity index (χ2v) is 11.0. The summed E-state index contributed by atoms with van der Waals surface area (Å²) in [4.78, 5) is 32.3.